The third-order valence-corrected chi connectivity index (χ3v) is 3.49. The first-order valence-electron chi connectivity index (χ1n) is 5.98. The molecule has 16 heavy (non-hydrogen) atoms. The molecule has 0 spiro atoms. The molecule has 1 aromatic heterocycles. The number of methoxy groups -OCH3 is 1. The molecule has 1 saturated carbocycles. The van der Waals surface area contributed by atoms with Crippen LogP contribution < -0.4 is 10.1 Å². The fourth-order valence-electron chi connectivity index (χ4n) is 2.42. The minimum atomic E-state index is 0.377. The number of nitrogens with zero attached hydrogens (tertiary/aromatic N) is 2. The van der Waals surface area contributed by atoms with Gasteiger partial charge in [-0.25, -0.2) is 0 Å². The second-order valence-electron chi connectivity index (χ2n) is 4.63. The average Bonchev–Trinajstić information content (AvgIpc) is 2.86. The quantitative estimate of drug-likeness (QED) is 0.826. The highest BCUT2D eigenvalue weighted by Crippen LogP contribution is 2.48. The van der Waals surface area contributed by atoms with E-state index in [0.717, 1.165) is 24.1 Å². The van der Waals surface area contributed by atoms with Crippen LogP contribution in [0.1, 0.15) is 32.0 Å². The molecule has 90 valence electrons. The van der Waals surface area contributed by atoms with E-state index in [9.17, 15) is 0 Å². The van der Waals surface area contributed by atoms with E-state index in [1.165, 1.54) is 12.1 Å². The largest absolute Gasteiger partial charge is 0.493 e. The van der Waals surface area contributed by atoms with Crippen LogP contribution in [0.25, 0.3) is 0 Å². The van der Waals surface area contributed by atoms with Gasteiger partial charge in [-0.05, 0) is 24.8 Å². The molecule has 0 aliphatic heterocycles. The molecule has 0 amide bonds. The van der Waals surface area contributed by atoms with Crippen molar-refractivity contribution in [3.8, 4) is 5.75 Å². The molecule has 3 atom stereocenters. The molecule has 3 unspecified atom stereocenters. The first-order valence-corrected chi connectivity index (χ1v) is 5.98. The van der Waals surface area contributed by atoms with Crippen LogP contribution in [0.2, 0.25) is 0 Å². The summed E-state index contributed by atoms with van der Waals surface area (Å²) in [5.41, 5.74) is 1.18. The monoisotopic (exact) mass is 223 g/mol. The molecule has 4 nitrogen and oxygen atoms in total. The summed E-state index contributed by atoms with van der Waals surface area (Å²) in [6.07, 6.45) is 3.10. The summed E-state index contributed by atoms with van der Waals surface area (Å²) in [7, 11) is 3.69. The Balaban J connectivity index is 2.26. The van der Waals surface area contributed by atoms with Crippen LogP contribution in [-0.2, 0) is 7.05 Å². The molecule has 1 aliphatic carbocycles. The highest BCUT2D eigenvalue weighted by molar-refractivity contribution is 5.30. The van der Waals surface area contributed by atoms with Gasteiger partial charge in [-0.3, -0.25) is 4.68 Å². The Bertz CT molecular complexity index is 361. The van der Waals surface area contributed by atoms with Gasteiger partial charge in [0.15, 0.2) is 5.75 Å². The van der Waals surface area contributed by atoms with Crippen molar-refractivity contribution in [3.05, 3.63) is 11.9 Å². The van der Waals surface area contributed by atoms with Crippen molar-refractivity contribution in [3.63, 3.8) is 0 Å². The summed E-state index contributed by atoms with van der Waals surface area (Å²) >= 11 is 0. The smallest absolute Gasteiger partial charge is 0.161 e. The zero-order valence-corrected chi connectivity index (χ0v) is 10.5. The second-order valence-corrected chi connectivity index (χ2v) is 4.63. The number of aromatic nitrogens is 2. The van der Waals surface area contributed by atoms with Crippen LogP contribution in [0.5, 0.6) is 5.75 Å². The van der Waals surface area contributed by atoms with Crippen LogP contribution in [0, 0.1) is 11.8 Å². The van der Waals surface area contributed by atoms with E-state index in [0.29, 0.717) is 6.04 Å². The molecule has 0 radical (unpaired) electrons. The lowest BCUT2D eigenvalue weighted by Crippen LogP contribution is -2.26. The van der Waals surface area contributed by atoms with Crippen molar-refractivity contribution in [1.82, 2.24) is 15.1 Å². The van der Waals surface area contributed by atoms with Crippen molar-refractivity contribution in [1.29, 1.82) is 0 Å². The summed E-state index contributed by atoms with van der Waals surface area (Å²) < 4.78 is 7.31. The van der Waals surface area contributed by atoms with Gasteiger partial charge in [-0.15, -0.1) is 0 Å². The number of ether oxygens (including phenoxy) is 1. The van der Waals surface area contributed by atoms with Crippen LogP contribution in [0.15, 0.2) is 6.20 Å². The van der Waals surface area contributed by atoms with Crippen LogP contribution in [-0.4, -0.2) is 23.4 Å². The third-order valence-electron chi connectivity index (χ3n) is 3.49. The average molecular weight is 223 g/mol. The fraction of sp³-hybridized carbons (Fsp3) is 0.750. The Kier molecular flexibility index (Phi) is 3.19. The van der Waals surface area contributed by atoms with Crippen LogP contribution >= 0.6 is 0 Å². The SMILES string of the molecule is CCNC(c1c(OC)cnn1C)C1CC1C. The Hall–Kier alpha value is -1.03. The highest BCUT2D eigenvalue weighted by atomic mass is 16.5. The van der Waals surface area contributed by atoms with Gasteiger partial charge in [0.25, 0.3) is 0 Å². The number of rotatable bonds is 5. The first kappa shape index (κ1) is 11.5. The lowest BCUT2D eigenvalue weighted by atomic mass is 10.1. The van der Waals surface area contributed by atoms with Gasteiger partial charge in [0.1, 0.15) is 0 Å². The molecular weight excluding hydrogens is 202 g/mol. The molecule has 0 bridgehead atoms. The molecular formula is C12H21N3O. The number of hydrogen-bond donors (Lipinski definition) is 1. The molecule has 1 aliphatic rings. The number of hydrogen-bond acceptors (Lipinski definition) is 3. The van der Waals surface area contributed by atoms with E-state index in [1.54, 1.807) is 13.3 Å². The summed E-state index contributed by atoms with van der Waals surface area (Å²) in [6.45, 7) is 5.42. The zero-order chi connectivity index (χ0) is 11.7. The Morgan fingerprint density at radius 2 is 2.38 bits per heavy atom. The maximum atomic E-state index is 5.38. The van der Waals surface area contributed by atoms with Gasteiger partial charge in [-0.1, -0.05) is 13.8 Å². The van der Waals surface area contributed by atoms with Crippen molar-refractivity contribution in [2.24, 2.45) is 18.9 Å². The summed E-state index contributed by atoms with van der Waals surface area (Å²) in [5.74, 6) is 2.43. The van der Waals surface area contributed by atoms with Crippen molar-refractivity contribution in [2.45, 2.75) is 26.3 Å². The zero-order valence-electron chi connectivity index (χ0n) is 10.5. The topological polar surface area (TPSA) is 39.1 Å². The van der Waals surface area contributed by atoms with Gasteiger partial charge < -0.3 is 10.1 Å². The Morgan fingerprint density at radius 1 is 1.69 bits per heavy atom. The summed E-state index contributed by atoms with van der Waals surface area (Å²) in [5, 5.41) is 7.83. The van der Waals surface area contributed by atoms with Gasteiger partial charge in [-0.2, -0.15) is 5.10 Å². The highest BCUT2D eigenvalue weighted by Gasteiger charge is 2.42. The molecule has 1 heterocycles. The fourth-order valence-corrected chi connectivity index (χ4v) is 2.42. The van der Waals surface area contributed by atoms with E-state index >= 15 is 0 Å². The molecule has 1 aromatic rings. The lowest BCUT2D eigenvalue weighted by Gasteiger charge is -2.19. The minimum absolute atomic E-state index is 0.377. The Morgan fingerprint density at radius 3 is 2.88 bits per heavy atom. The van der Waals surface area contributed by atoms with E-state index in [-0.39, 0.29) is 0 Å². The molecule has 4 heteroatoms. The second kappa shape index (κ2) is 4.45. The van der Waals surface area contributed by atoms with Crippen molar-refractivity contribution < 1.29 is 4.74 Å². The normalized spacial score (nSPS) is 25.5. The molecule has 2 rings (SSSR count). The van der Waals surface area contributed by atoms with E-state index in [1.807, 2.05) is 11.7 Å². The van der Waals surface area contributed by atoms with Crippen molar-refractivity contribution >= 4 is 0 Å². The van der Waals surface area contributed by atoms with Gasteiger partial charge in [0, 0.05) is 7.05 Å². The van der Waals surface area contributed by atoms with Gasteiger partial charge in [0.2, 0.25) is 0 Å². The maximum Gasteiger partial charge on any atom is 0.161 e. The Labute approximate surface area is 97.0 Å². The predicted molar refractivity (Wildman–Crippen MR) is 63.4 cm³/mol. The molecule has 0 saturated heterocycles. The van der Waals surface area contributed by atoms with Crippen LogP contribution in [0.4, 0.5) is 0 Å². The number of nitrogens with one attached hydrogen (secondary N) is 1. The molecule has 1 fully saturated rings. The molecule has 1 N–H and O–H groups in total. The van der Waals surface area contributed by atoms with E-state index < -0.39 is 0 Å². The van der Waals surface area contributed by atoms with Gasteiger partial charge in [0.05, 0.1) is 25.0 Å². The minimum Gasteiger partial charge on any atom is -0.493 e. The summed E-state index contributed by atoms with van der Waals surface area (Å²) in [6, 6.07) is 0.377. The lowest BCUT2D eigenvalue weighted by molar-refractivity contribution is 0.381. The number of aryl methyl sites for hydroxylation is 1. The van der Waals surface area contributed by atoms with E-state index in [2.05, 4.69) is 24.3 Å². The maximum absolute atomic E-state index is 5.38. The van der Waals surface area contributed by atoms with Crippen molar-refractivity contribution in [2.75, 3.05) is 13.7 Å². The first-order chi connectivity index (χ1) is 7.69. The predicted octanol–water partition coefficient (Wildman–Crippen LogP) is 1.74. The van der Waals surface area contributed by atoms with Gasteiger partial charge >= 0.3 is 0 Å². The van der Waals surface area contributed by atoms with Crippen LogP contribution in [0.3, 0.4) is 0 Å². The standard InChI is InChI=1S/C12H21N3O/c1-5-13-11(9-6-8(9)2)12-10(16-4)7-14-15(12)3/h7-9,11,13H,5-6H2,1-4H3. The van der Waals surface area contributed by atoms with E-state index in [4.69, 9.17) is 4.74 Å². The molecule has 0 aromatic carbocycles. The summed E-state index contributed by atoms with van der Waals surface area (Å²) in [4.78, 5) is 0. The third kappa shape index (κ3) is 1.94.